The van der Waals surface area contributed by atoms with Gasteiger partial charge in [-0.15, -0.1) is 11.3 Å². The third-order valence-electron chi connectivity index (χ3n) is 6.54. The van der Waals surface area contributed by atoms with Gasteiger partial charge in [-0.3, -0.25) is 4.57 Å². The number of hydrogen-bond acceptors (Lipinski definition) is 1. The van der Waals surface area contributed by atoms with Crippen LogP contribution in [-0.2, 0) is 7.05 Å². The van der Waals surface area contributed by atoms with Gasteiger partial charge in [0.15, 0.2) is 0 Å². The fraction of sp³-hybridized carbons (Fsp3) is 0.0345. The summed E-state index contributed by atoms with van der Waals surface area (Å²) in [6.07, 6.45) is 0. The lowest BCUT2D eigenvalue weighted by atomic mass is 10.0. The maximum absolute atomic E-state index is 2.46. The molecule has 7 aromatic rings. The van der Waals surface area contributed by atoms with E-state index in [2.05, 4.69) is 119 Å². The van der Waals surface area contributed by atoms with Crippen molar-refractivity contribution >= 4 is 53.6 Å². The van der Waals surface area contributed by atoms with Gasteiger partial charge in [0, 0.05) is 33.6 Å². The zero-order valence-corrected chi connectivity index (χ0v) is 18.4. The van der Waals surface area contributed by atoms with Gasteiger partial charge in [0.2, 0.25) is 0 Å². The van der Waals surface area contributed by atoms with Crippen LogP contribution in [0.1, 0.15) is 0 Å². The van der Waals surface area contributed by atoms with Crippen molar-refractivity contribution in [1.29, 1.82) is 0 Å². The summed E-state index contributed by atoms with van der Waals surface area (Å²) in [5.41, 5.74) is 7.56. The van der Waals surface area contributed by atoms with Gasteiger partial charge in [0.1, 0.15) is 4.83 Å². The molecule has 0 N–H and O–H groups in total. The summed E-state index contributed by atoms with van der Waals surface area (Å²) >= 11 is 1.88. The molecule has 0 saturated heterocycles. The fourth-order valence-electron chi connectivity index (χ4n) is 5.08. The molecule has 32 heavy (non-hydrogen) atoms. The molecule has 3 heterocycles. The second-order valence-corrected chi connectivity index (χ2v) is 9.33. The normalized spacial score (nSPS) is 11.9. The summed E-state index contributed by atoms with van der Waals surface area (Å²) < 4.78 is 6.18. The number of rotatable bonds is 2. The first-order valence-electron chi connectivity index (χ1n) is 10.9. The maximum atomic E-state index is 2.46. The molecule has 0 saturated carbocycles. The van der Waals surface area contributed by atoms with E-state index in [1.807, 2.05) is 11.3 Å². The molecule has 0 fully saturated rings. The average Bonchev–Trinajstić information content (AvgIpc) is 3.47. The standard InChI is InChI=1S/C29H20N2S/c1-30-24-18-20(19-10-4-2-5-11-19)16-17-22(24)27-28(30)26-23-14-8-9-15-25(23)32-29(26)31(27)21-12-6-3-7-13-21/h2-18H,1H3. The van der Waals surface area contributed by atoms with Crippen molar-refractivity contribution in [2.24, 2.45) is 7.05 Å². The molecule has 0 aliphatic carbocycles. The molecule has 152 valence electrons. The Labute approximate surface area is 189 Å². The van der Waals surface area contributed by atoms with Gasteiger partial charge in [-0.25, -0.2) is 0 Å². The summed E-state index contributed by atoms with van der Waals surface area (Å²) in [7, 11) is 2.21. The molecule has 0 aliphatic heterocycles. The van der Waals surface area contributed by atoms with Crippen LogP contribution in [0.25, 0.3) is 59.1 Å². The Balaban J connectivity index is 1.68. The van der Waals surface area contributed by atoms with Gasteiger partial charge in [-0.2, -0.15) is 0 Å². The number of thiophene rings is 1. The Morgan fingerprint density at radius 2 is 1.34 bits per heavy atom. The summed E-state index contributed by atoms with van der Waals surface area (Å²) in [6.45, 7) is 0. The minimum Gasteiger partial charge on any atom is -0.342 e. The van der Waals surface area contributed by atoms with E-state index in [0.717, 1.165) is 0 Å². The molecular formula is C29H20N2S. The van der Waals surface area contributed by atoms with Crippen molar-refractivity contribution in [2.75, 3.05) is 0 Å². The number of benzene rings is 4. The van der Waals surface area contributed by atoms with E-state index in [9.17, 15) is 0 Å². The van der Waals surface area contributed by atoms with E-state index >= 15 is 0 Å². The predicted molar refractivity (Wildman–Crippen MR) is 138 cm³/mol. The maximum Gasteiger partial charge on any atom is 0.111 e. The Kier molecular flexibility index (Phi) is 3.67. The lowest BCUT2D eigenvalue weighted by Gasteiger charge is -2.07. The van der Waals surface area contributed by atoms with Crippen molar-refractivity contribution < 1.29 is 0 Å². The molecular weight excluding hydrogens is 408 g/mol. The lowest BCUT2D eigenvalue weighted by molar-refractivity contribution is 1.02. The molecule has 0 amide bonds. The topological polar surface area (TPSA) is 9.86 Å². The molecule has 0 spiro atoms. The largest absolute Gasteiger partial charge is 0.342 e. The quantitative estimate of drug-likeness (QED) is 0.263. The molecule has 0 unspecified atom stereocenters. The van der Waals surface area contributed by atoms with E-state index in [-0.39, 0.29) is 0 Å². The Morgan fingerprint density at radius 1 is 0.625 bits per heavy atom. The first-order chi connectivity index (χ1) is 15.8. The first kappa shape index (κ1) is 17.8. The Morgan fingerprint density at radius 3 is 2.16 bits per heavy atom. The van der Waals surface area contributed by atoms with Gasteiger partial charge in [0.05, 0.1) is 16.6 Å². The number of fused-ring (bicyclic) bond motifs is 7. The molecule has 4 aromatic carbocycles. The van der Waals surface area contributed by atoms with Crippen molar-refractivity contribution in [3.8, 4) is 16.8 Å². The van der Waals surface area contributed by atoms with Gasteiger partial charge >= 0.3 is 0 Å². The highest BCUT2D eigenvalue weighted by Gasteiger charge is 2.23. The number of aryl methyl sites for hydroxylation is 1. The first-order valence-corrected chi connectivity index (χ1v) is 11.7. The molecule has 7 rings (SSSR count). The lowest BCUT2D eigenvalue weighted by Crippen LogP contribution is -1.91. The molecule has 0 atom stereocenters. The Hall–Kier alpha value is -3.82. The van der Waals surface area contributed by atoms with Crippen LogP contribution in [0, 0.1) is 0 Å². The number of nitrogens with zero attached hydrogens (tertiary/aromatic N) is 2. The number of para-hydroxylation sites is 1. The highest BCUT2D eigenvalue weighted by atomic mass is 32.1. The third kappa shape index (κ3) is 2.34. The smallest absolute Gasteiger partial charge is 0.111 e. The molecule has 0 bridgehead atoms. The van der Waals surface area contributed by atoms with Crippen LogP contribution in [0.15, 0.2) is 103 Å². The third-order valence-corrected chi connectivity index (χ3v) is 7.69. The molecule has 2 nitrogen and oxygen atoms in total. The summed E-state index contributed by atoms with van der Waals surface area (Å²) in [6, 6.07) is 37.0. The second-order valence-electron chi connectivity index (χ2n) is 8.30. The van der Waals surface area contributed by atoms with Crippen LogP contribution < -0.4 is 0 Å². The minimum atomic E-state index is 1.21. The highest BCUT2D eigenvalue weighted by Crippen LogP contribution is 2.45. The van der Waals surface area contributed by atoms with Crippen molar-refractivity contribution in [3.05, 3.63) is 103 Å². The Bertz CT molecular complexity index is 1770. The summed E-state index contributed by atoms with van der Waals surface area (Å²) in [5, 5.41) is 3.98. The monoisotopic (exact) mass is 428 g/mol. The van der Waals surface area contributed by atoms with Gasteiger partial charge in [-0.1, -0.05) is 78.9 Å². The van der Waals surface area contributed by atoms with Crippen LogP contribution in [0.2, 0.25) is 0 Å². The zero-order valence-electron chi connectivity index (χ0n) is 17.6. The van der Waals surface area contributed by atoms with Crippen LogP contribution >= 0.6 is 11.3 Å². The van der Waals surface area contributed by atoms with Crippen LogP contribution in [-0.4, -0.2) is 9.13 Å². The SMILES string of the molecule is Cn1c2cc(-c3ccccc3)ccc2c2c1c1c3ccccc3sc1n2-c1ccccc1. The van der Waals surface area contributed by atoms with E-state index in [1.165, 1.54) is 59.1 Å². The van der Waals surface area contributed by atoms with Crippen molar-refractivity contribution in [2.45, 2.75) is 0 Å². The zero-order chi connectivity index (χ0) is 21.2. The van der Waals surface area contributed by atoms with Gasteiger partial charge in [-0.05, 0) is 35.4 Å². The molecule has 3 heteroatoms. The number of aromatic nitrogens is 2. The van der Waals surface area contributed by atoms with E-state index < -0.39 is 0 Å². The summed E-state index contributed by atoms with van der Waals surface area (Å²) in [5.74, 6) is 0. The van der Waals surface area contributed by atoms with Crippen molar-refractivity contribution in [1.82, 2.24) is 9.13 Å². The van der Waals surface area contributed by atoms with Crippen LogP contribution in [0.4, 0.5) is 0 Å². The van der Waals surface area contributed by atoms with E-state index in [4.69, 9.17) is 0 Å². The van der Waals surface area contributed by atoms with E-state index in [1.54, 1.807) is 0 Å². The van der Waals surface area contributed by atoms with Gasteiger partial charge in [0.25, 0.3) is 0 Å². The van der Waals surface area contributed by atoms with Crippen LogP contribution in [0.5, 0.6) is 0 Å². The molecule has 3 aromatic heterocycles. The fourth-order valence-corrected chi connectivity index (χ4v) is 6.31. The van der Waals surface area contributed by atoms with E-state index in [0.29, 0.717) is 0 Å². The molecule has 0 aliphatic rings. The predicted octanol–water partition coefficient (Wildman–Crippen LogP) is 8.16. The minimum absolute atomic E-state index is 1.21. The van der Waals surface area contributed by atoms with Crippen molar-refractivity contribution in [3.63, 3.8) is 0 Å². The summed E-state index contributed by atoms with van der Waals surface area (Å²) in [4.78, 5) is 1.31. The average molecular weight is 429 g/mol. The highest BCUT2D eigenvalue weighted by molar-refractivity contribution is 7.25. The molecule has 0 radical (unpaired) electrons. The second kappa shape index (κ2) is 6.59. The number of hydrogen-bond donors (Lipinski definition) is 0. The van der Waals surface area contributed by atoms with Gasteiger partial charge < -0.3 is 4.57 Å². The van der Waals surface area contributed by atoms with Crippen LogP contribution in [0.3, 0.4) is 0 Å².